The van der Waals surface area contributed by atoms with E-state index in [-0.39, 0.29) is 40.3 Å². The number of fused-ring (bicyclic) bond motifs is 7. The molecule has 2 aliphatic carbocycles. The number of ketones is 3. The fourth-order valence-corrected chi connectivity index (χ4v) is 3.90. The number of epoxide rings is 1. The summed E-state index contributed by atoms with van der Waals surface area (Å²) in [6.45, 7) is 0. The van der Waals surface area contributed by atoms with Gasteiger partial charge in [-0.1, -0.05) is 48.5 Å². The molecular formula is C21H10N2O4. The fraction of sp³-hybridized carbons (Fsp3) is 0.0952. The molecule has 6 nitrogen and oxygen atoms in total. The van der Waals surface area contributed by atoms with Gasteiger partial charge in [-0.3, -0.25) is 14.4 Å². The summed E-state index contributed by atoms with van der Waals surface area (Å²) in [5.41, 5.74) is 2.21. The minimum atomic E-state index is -0.425. The van der Waals surface area contributed by atoms with Crippen molar-refractivity contribution < 1.29 is 19.1 Å². The van der Waals surface area contributed by atoms with Crippen molar-refractivity contribution in [2.75, 3.05) is 0 Å². The minimum Gasteiger partial charge on any atom is -0.358 e. The molecule has 128 valence electrons. The lowest BCUT2D eigenvalue weighted by molar-refractivity contribution is 0.0968. The molecule has 0 N–H and O–H groups in total. The Morgan fingerprint density at radius 1 is 0.630 bits per heavy atom. The molecule has 0 saturated carbocycles. The third-order valence-electron chi connectivity index (χ3n) is 5.26. The molecule has 27 heavy (non-hydrogen) atoms. The molecule has 2 atom stereocenters. The molecule has 0 spiro atoms. The van der Waals surface area contributed by atoms with Crippen LogP contribution in [0.2, 0.25) is 0 Å². The summed E-state index contributed by atoms with van der Waals surface area (Å²) in [6, 6.07) is 13.8. The lowest BCUT2D eigenvalue weighted by Crippen LogP contribution is -2.26. The molecule has 1 aliphatic heterocycles. The van der Waals surface area contributed by atoms with Crippen LogP contribution in [0.1, 0.15) is 71.6 Å². The molecular weight excluding hydrogens is 344 g/mol. The second-order valence-electron chi connectivity index (χ2n) is 6.75. The van der Waals surface area contributed by atoms with Crippen molar-refractivity contribution in [1.29, 1.82) is 0 Å². The summed E-state index contributed by atoms with van der Waals surface area (Å²) in [5, 5.41) is 0. The molecule has 1 saturated heterocycles. The van der Waals surface area contributed by atoms with E-state index >= 15 is 0 Å². The van der Waals surface area contributed by atoms with Crippen molar-refractivity contribution in [3.05, 3.63) is 93.6 Å². The van der Waals surface area contributed by atoms with Crippen LogP contribution in [0.5, 0.6) is 0 Å². The number of aromatic nitrogens is 2. The largest absolute Gasteiger partial charge is 0.358 e. The van der Waals surface area contributed by atoms with Gasteiger partial charge in [-0.25, -0.2) is 9.97 Å². The lowest BCUT2D eigenvalue weighted by Gasteiger charge is -2.17. The number of carbonyl (C=O) groups excluding carboxylic acids is 3. The zero-order chi connectivity index (χ0) is 18.3. The standard InChI is InChI=1S/C21H10N2O4/c24-17-9-5-1-2-6-10(9)18(25)14-13(17)22-15-16(23-14)21-20(27-21)12-8-4-3-7-11(12)19(15)26/h1-8,20-21H. The third kappa shape index (κ3) is 1.80. The Bertz CT molecular complexity index is 1230. The van der Waals surface area contributed by atoms with E-state index in [1.54, 1.807) is 36.4 Å². The van der Waals surface area contributed by atoms with Crippen molar-refractivity contribution in [3.63, 3.8) is 0 Å². The summed E-state index contributed by atoms with van der Waals surface area (Å²) in [5.74, 6) is -1.05. The monoisotopic (exact) mass is 354 g/mol. The summed E-state index contributed by atoms with van der Waals surface area (Å²) in [6.07, 6.45) is -0.703. The lowest BCUT2D eigenvalue weighted by atomic mass is 9.89. The topological polar surface area (TPSA) is 89.5 Å². The predicted octanol–water partition coefficient (Wildman–Crippen LogP) is 2.61. The Hall–Kier alpha value is -3.51. The molecule has 1 fully saturated rings. The second-order valence-corrected chi connectivity index (χ2v) is 6.75. The molecule has 2 aromatic carbocycles. The Morgan fingerprint density at radius 2 is 1.19 bits per heavy atom. The number of ether oxygens (including phenoxy) is 1. The molecule has 2 unspecified atom stereocenters. The maximum atomic E-state index is 13.1. The fourth-order valence-electron chi connectivity index (χ4n) is 3.90. The molecule has 6 rings (SSSR count). The number of nitrogens with zero attached hydrogens (tertiary/aromatic N) is 2. The van der Waals surface area contributed by atoms with Crippen molar-refractivity contribution in [1.82, 2.24) is 9.97 Å². The van der Waals surface area contributed by atoms with Crippen LogP contribution in [-0.2, 0) is 4.74 Å². The number of benzene rings is 2. The van der Waals surface area contributed by atoms with Crippen molar-refractivity contribution >= 4 is 17.3 Å². The van der Waals surface area contributed by atoms with Crippen LogP contribution < -0.4 is 0 Å². The van der Waals surface area contributed by atoms with Crippen LogP contribution in [0.3, 0.4) is 0 Å². The molecule has 3 aromatic rings. The molecule has 0 amide bonds. The van der Waals surface area contributed by atoms with Gasteiger partial charge in [0, 0.05) is 16.7 Å². The first-order valence-corrected chi connectivity index (χ1v) is 8.54. The molecule has 6 heteroatoms. The van der Waals surface area contributed by atoms with E-state index in [0.29, 0.717) is 16.8 Å². The van der Waals surface area contributed by atoms with Gasteiger partial charge in [0.25, 0.3) is 0 Å². The van der Waals surface area contributed by atoms with Crippen molar-refractivity contribution in [2.24, 2.45) is 0 Å². The quantitative estimate of drug-likeness (QED) is 0.451. The SMILES string of the molecule is O=C1c2ccccc2C(=O)c2nc3c(nc21)C(=O)c1ccccc1C1OC31. The van der Waals surface area contributed by atoms with E-state index in [1.807, 2.05) is 12.1 Å². The van der Waals surface area contributed by atoms with E-state index in [1.165, 1.54) is 0 Å². The van der Waals surface area contributed by atoms with Gasteiger partial charge in [0.05, 0.1) is 0 Å². The average molecular weight is 354 g/mol. The Morgan fingerprint density at radius 3 is 1.89 bits per heavy atom. The minimum absolute atomic E-state index is 0.00884. The number of hydrogen-bond acceptors (Lipinski definition) is 6. The van der Waals surface area contributed by atoms with Crippen LogP contribution in [-0.4, -0.2) is 27.3 Å². The molecule has 2 heterocycles. The maximum Gasteiger partial charge on any atom is 0.214 e. The Labute approximate surface area is 152 Å². The highest BCUT2D eigenvalue weighted by Crippen LogP contribution is 2.54. The normalized spacial score (nSPS) is 21.4. The average Bonchev–Trinajstić information content (AvgIpc) is 3.51. The maximum absolute atomic E-state index is 13.1. The number of rotatable bonds is 0. The van der Waals surface area contributed by atoms with E-state index in [4.69, 9.17) is 4.74 Å². The van der Waals surface area contributed by atoms with Gasteiger partial charge >= 0.3 is 0 Å². The summed E-state index contributed by atoms with van der Waals surface area (Å²) >= 11 is 0. The number of carbonyl (C=O) groups is 3. The Balaban J connectivity index is 1.62. The zero-order valence-corrected chi connectivity index (χ0v) is 13.8. The highest BCUT2D eigenvalue weighted by Gasteiger charge is 2.50. The molecule has 0 radical (unpaired) electrons. The molecule has 3 aliphatic rings. The van der Waals surface area contributed by atoms with E-state index < -0.39 is 11.9 Å². The summed E-state index contributed by atoms with van der Waals surface area (Å²) in [4.78, 5) is 47.6. The van der Waals surface area contributed by atoms with Gasteiger partial charge in [0.1, 0.15) is 35.0 Å². The van der Waals surface area contributed by atoms with Crippen molar-refractivity contribution in [2.45, 2.75) is 12.2 Å². The van der Waals surface area contributed by atoms with E-state index in [9.17, 15) is 14.4 Å². The van der Waals surface area contributed by atoms with Gasteiger partial charge in [0.15, 0.2) is 0 Å². The van der Waals surface area contributed by atoms with Crippen LogP contribution in [0.4, 0.5) is 0 Å². The van der Waals surface area contributed by atoms with Crippen molar-refractivity contribution in [3.8, 4) is 0 Å². The van der Waals surface area contributed by atoms with E-state index in [2.05, 4.69) is 9.97 Å². The first-order chi connectivity index (χ1) is 13.1. The van der Waals surface area contributed by atoms with Gasteiger partial charge < -0.3 is 4.74 Å². The van der Waals surface area contributed by atoms with E-state index in [0.717, 1.165) is 5.56 Å². The Kier molecular flexibility index (Phi) is 2.61. The first-order valence-electron chi connectivity index (χ1n) is 8.54. The first kappa shape index (κ1) is 14.6. The van der Waals surface area contributed by atoms with Crippen LogP contribution in [0.25, 0.3) is 0 Å². The second kappa shape index (κ2) is 4.81. The molecule has 1 aromatic heterocycles. The summed E-state index contributed by atoms with van der Waals surface area (Å²) < 4.78 is 5.73. The van der Waals surface area contributed by atoms with Gasteiger partial charge in [-0.2, -0.15) is 0 Å². The highest BCUT2D eigenvalue weighted by atomic mass is 16.6. The smallest absolute Gasteiger partial charge is 0.214 e. The van der Waals surface area contributed by atoms with Crippen LogP contribution >= 0.6 is 0 Å². The predicted molar refractivity (Wildman–Crippen MR) is 91.8 cm³/mol. The van der Waals surface area contributed by atoms with Crippen LogP contribution in [0.15, 0.2) is 48.5 Å². The third-order valence-corrected chi connectivity index (χ3v) is 5.26. The zero-order valence-electron chi connectivity index (χ0n) is 13.8. The van der Waals surface area contributed by atoms with Crippen LogP contribution in [0, 0.1) is 0 Å². The van der Waals surface area contributed by atoms with Gasteiger partial charge in [-0.05, 0) is 5.56 Å². The summed E-state index contributed by atoms with van der Waals surface area (Å²) in [7, 11) is 0. The number of hydrogen-bond donors (Lipinski definition) is 0. The van der Waals surface area contributed by atoms with Gasteiger partial charge in [0.2, 0.25) is 17.3 Å². The van der Waals surface area contributed by atoms with Gasteiger partial charge in [-0.15, -0.1) is 0 Å². The molecule has 0 bridgehead atoms. The highest BCUT2D eigenvalue weighted by molar-refractivity contribution is 6.27.